The van der Waals surface area contributed by atoms with E-state index in [2.05, 4.69) is 0 Å². The van der Waals surface area contributed by atoms with E-state index in [1.54, 1.807) is 26.0 Å². The normalized spacial score (nSPS) is 17.1. The number of rotatable bonds is 6. The van der Waals surface area contributed by atoms with Crippen LogP contribution in [0.5, 0.6) is 11.5 Å². The number of hydrogen-bond acceptors (Lipinski definition) is 6. The lowest BCUT2D eigenvalue weighted by Gasteiger charge is -2.42. The Morgan fingerprint density at radius 2 is 1.73 bits per heavy atom. The maximum absolute atomic E-state index is 13.4. The molecule has 3 rings (SSSR count). The van der Waals surface area contributed by atoms with Crippen molar-refractivity contribution in [2.45, 2.75) is 45.1 Å². The lowest BCUT2D eigenvalue weighted by Crippen LogP contribution is -2.47. The number of fused-ring (bicyclic) bond motifs is 1. The number of halogens is 4. The van der Waals surface area contributed by atoms with Crippen LogP contribution in [0, 0.1) is 0 Å². The van der Waals surface area contributed by atoms with Crippen molar-refractivity contribution < 1.29 is 41.7 Å². The SMILES string of the molecule is CCOC(=O)N1c2cc(OC)c(OC)cc2[C@H](N(Cc2cc(Cl)cc(C(F)(F)F)c2)C(=O)OC)C[C@@H]1C. The molecule has 0 spiro atoms. The van der Waals surface area contributed by atoms with E-state index in [1.165, 1.54) is 37.2 Å². The lowest BCUT2D eigenvalue weighted by molar-refractivity contribution is -0.137. The van der Waals surface area contributed by atoms with E-state index in [0.29, 0.717) is 22.7 Å². The first-order chi connectivity index (χ1) is 17.4. The highest BCUT2D eigenvalue weighted by atomic mass is 35.5. The zero-order chi connectivity index (χ0) is 27.5. The molecule has 0 fully saturated rings. The minimum absolute atomic E-state index is 0.119. The van der Waals surface area contributed by atoms with Crippen LogP contribution in [0.15, 0.2) is 30.3 Å². The van der Waals surface area contributed by atoms with E-state index < -0.39 is 36.0 Å². The Morgan fingerprint density at radius 1 is 1.08 bits per heavy atom. The van der Waals surface area contributed by atoms with Gasteiger partial charge in [-0.3, -0.25) is 9.80 Å². The highest BCUT2D eigenvalue weighted by Gasteiger charge is 2.40. The third-order valence-electron chi connectivity index (χ3n) is 6.04. The number of ether oxygens (including phenoxy) is 4. The number of carbonyl (C=O) groups is 2. The fraction of sp³-hybridized carbons (Fsp3) is 0.440. The Morgan fingerprint density at radius 3 is 2.30 bits per heavy atom. The molecule has 0 bridgehead atoms. The van der Waals surface area contributed by atoms with Crippen LogP contribution in [-0.2, 0) is 22.2 Å². The quantitative estimate of drug-likeness (QED) is 0.416. The molecule has 2 amide bonds. The van der Waals surface area contributed by atoms with Crippen molar-refractivity contribution in [2.75, 3.05) is 32.8 Å². The van der Waals surface area contributed by atoms with Gasteiger partial charge in [-0.1, -0.05) is 11.6 Å². The third kappa shape index (κ3) is 5.98. The second-order valence-corrected chi connectivity index (χ2v) is 8.82. The molecule has 202 valence electrons. The van der Waals surface area contributed by atoms with Crippen molar-refractivity contribution >= 4 is 29.5 Å². The molecule has 12 heteroatoms. The summed E-state index contributed by atoms with van der Waals surface area (Å²) in [7, 11) is 4.07. The summed E-state index contributed by atoms with van der Waals surface area (Å²) in [6.45, 7) is 3.38. The molecule has 2 atom stereocenters. The first-order valence-electron chi connectivity index (χ1n) is 11.4. The van der Waals surface area contributed by atoms with Crippen molar-refractivity contribution in [3.05, 3.63) is 52.0 Å². The van der Waals surface area contributed by atoms with Gasteiger partial charge in [0.05, 0.1) is 45.2 Å². The number of alkyl halides is 3. The van der Waals surface area contributed by atoms with Gasteiger partial charge in [-0.25, -0.2) is 9.59 Å². The zero-order valence-corrected chi connectivity index (χ0v) is 21.8. The largest absolute Gasteiger partial charge is 0.493 e. The third-order valence-corrected chi connectivity index (χ3v) is 6.26. The fourth-order valence-electron chi connectivity index (χ4n) is 4.44. The van der Waals surface area contributed by atoms with Gasteiger partial charge in [0.1, 0.15) is 0 Å². The summed E-state index contributed by atoms with van der Waals surface area (Å²) in [5.74, 6) is 0.689. The van der Waals surface area contributed by atoms with Crippen LogP contribution in [0.25, 0.3) is 0 Å². The smallest absolute Gasteiger partial charge is 0.416 e. The summed E-state index contributed by atoms with van der Waals surface area (Å²) in [6.07, 6.45) is -5.73. The molecule has 8 nitrogen and oxygen atoms in total. The van der Waals surface area contributed by atoms with E-state index in [0.717, 1.165) is 12.1 Å². The molecule has 0 aliphatic carbocycles. The van der Waals surface area contributed by atoms with Gasteiger partial charge in [-0.2, -0.15) is 13.2 Å². The zero-order valence-electron chi connectivity index (χ0n) is 21.0. The molecular formula is C25H28ClF3N2O6. The number of methoxy groups -OCH3 is 3. The van der Waals surface area contributed by atoms with Crippen LogP contribution in [0.2, 0.25) is 5.02 Å². The van der Waals surface area contributed by atoms with Gasteiger partial charge in [0.2, 0.25) is 0 Å². The molecule has 1 heterocycles. The summed E-state index contributed by atoms with van der Waals surface area (Å²) in [6, 6.07) is 5.20. The minimum Gasteiger partial charge on any atom is -0.493 e. The number of hydrogen-bond donors (Lipinski definition) is 0. The van der Waals surface area contributed by atoms with Gasteiger partial charge in [-0.15, -0.1) is 0 Å². The molecule has 0 saturated carbocycles. The van der Waals surface area contributed by atoms with E-state index >= 15 is 0 Å². The van der Waals surface area contributed by atoms with Gasteiger partial charge >= 0.3 is 18.4 Å². The van der Waals surface area contributed by atoms with Gasteiger partial charge in [0, 0.05) is 29.2 Å². The first kappa shape index (κ1) is 28.2. The Labute approximate surface area is 217 Å². The molecule has 2 aromatic carbocycles. The Kier molecular flexibility index (Phi) is 8.68. The predicted octanol–water partition coefficient (Wildman–Crippen LogP) is 6.44. The second-order valence-electron chi connectivity index (χ2n) is 8.38. The second kappa shape index (κ2) is 11.4. The molecule has 0 aromatic heterocycles. The molecule has 0 unspecified atom stereocenters. The lowest BCUT2D eigenvalue weighted by atomic mass is 9.90. The van der Waals surface area contributed by atoms with E-state index in [4.69, 9.17) is 30.5 Å². The Bertz CT molecular complexity index is 1160. The maximum atomic E-state index is 13.4. The Hall–Kier alpha value is -3.34. The van der Waals surface area contributed by atoms with E-state index in [1.807, 2.05) is 0 Å². The van der Waals surface area contributed by atoms with Crippen LogP contribution in [-0.4, -0.2) is 51.1 Å². The monoisotopic (exact) mass is 544 g/mol. The summed E-state index contributed by atoms with van der Waals surface area (Å²) >= 11 is 5.98. The molecular weight excluding hydrogens is 517 g/mol. The number of benzene rings is 2. The molecule has 0 N–H and O–H groups in total. The minimum atomic E-state index is -4.62. The molecule has 1 aliphatic rings. The van der Waals surface area contributed by atoms with E-state index in [9.17, 15) is 22.8 Å². The summed E-state index contributed by atoms with van der Waals surface area (Å²) < 4.78 is 61.3. The standard InChI is InChI=1S/C25H28ClF3N2O6/c1-6-37-24(33)31-14(2)7-19(18-11-21(34-3)22(35-4)12-20(18)31)30(23(32)36-5)13-15-8-16(25(27,28)29)10-17(26)9-15/h8-12,14,19H,6-7,13H2,1-5H3/t14-,19+/m0/s1. The first-order valence-corrected chi connectivity index (χ1v) is 11.8. The molecule has 2 aromatic rings. The van der Waals surface area contributed by atoms with E-state index in [-0.39, 0.29) is 30.2 Å². The summed E-state index contributed by atoms with van der Waals surface area (Å²) in [5, 5.41) is -0.119. The van der Waals surface area contributed by atoms with Crippen molar-refractivity contribution in [1.82, 2.24) is 4.90 Å². The average molecular weight is 545 g/mol. The van der Waals surface area contributed by atoms with Crippen LogP contribution in [0.1, 0.15) is 43.0 Å². The van der Waals surface area contributed by atoms with Gasteiger partial charge in [0.15, 0.2) is 11.5 Å². The highest BCUT2D eigenvalue weighted by Crippen LogP contribution is 2.46. The van der Waals surface area contributed by atoms with Gasteiger partial charge in [-0.05, 0) is 50.1 Å². The van der Waals surface area contributed by atoms with Crippen molar-refractivity contribution in [2.24, 2.45) is 0 Å². The molecule has 37 heavy (non-hydrogen) atoms. The maximum Gasteiger partial charge on any atom is 0.416 e. The van der Waals surface area contributed by atoms with Crippen LogP contribution in [0.3, 0.4) is 0 Å². The van der Waals surface area contributed by atoms with Crippen LogP contribution in [0.4, 0.5) is 28.4 Å². The number of anilines is 1. The fourth-order valence-corrected chi connectivity index (χ4v) is 4.70. The highest BCUT2D eigenvalue weighted by molar-refractivity contribution is 6.30. The Balaban J connectivity index is 2.16. The van der Waals surface area contributed by atoms with Crippen molar-refractivity contribution in [1.29, 1.82) is 0 Å². The summed E-state index contributed by atoms with van der Waals surface area (Å²) in [4.78, 5) is 28.6. The number of nitrogens with zero attached hydrogens (tertiary/aromatic N) is 2. The molecule has 1 aliphatic heterocycles. The molecule has 0 saturated heterocycles. The van der Waals surface area contributed by atoms with Gasteiger partial charge in [0.25, 0.3) is 0 Å². The average Bonchev–Trinajstić information content (AvgIpc) is 2.84. The van der Waals surface area contributed by atoms with Crippen LogP contribution >= 0.6 is 11.6 Å². The molecule has 0 radical (unpaired) electrons. The number of amides is 2. The predicted molar refractivity (Wildman–Crippen MR) is 130 cm³/mol. The number of carbonyl (C=O) groups excluding carboxylic acids is 2. The van der Waals surface area contributed by atoms with Crippen LogP contribution < -0.4 is 14.4 Å². The van der Waals surface area contributed by atoms with Crippen molar-refractivity contribution in [3.8, 4) is 11.5 Å². The topological polar surface area (TPSA) is 77.5 Å². The van der Waals surface area contributed by atoms with Crippen molar-refractivity contribution in [3.63, 3.8) is 0 Å². The van der Waals surface area contributed by atoms with Gasteiger partial charge < -0.3 is 18.9 Å². The summed E-state index contributed by atoms with van der Waals surface area (Å²) in [5.41, 5.74) is 0.146.